The Balaban J connectivity index is 0.00000312. The molecule has 25 heavy (non-hydrogen) atoms. The number of halogens is 1. The van der Waals surface area contributed by atoms with E-state index < -0.39 is 0 Å². The largest absolute Gasteiger partial charge is 0.380 e. The molecule has 142 valence electrons. The van der Waals surface area contributed by atoms with Crippen LogP contribution in [0.5, 0.6) is 0 Å². The molecule has 0 aromatic heterocycles. The summed E-state index contributed by atoms with van der Waals surface area (Å²) < 4.78 is 5.20. The molecule has 0 saturated carbocycles. The van der Waals surface area contributed by atoms with Crippen molar-refractivity contribution in [2.24, 2.45) is 4.99 Å². The monoisotopic (exact) mass is 460 g/mol. The number of rotatable bonds is 7. The number of nitrogens with zero attached hydrogens (tertiary/aromatic N) is 2. The summed E-state index contributed by atoms with van der Waals surface area (Å²) in [6.07, 6.45) is 3.61. The lowest BCUT2D eigenvalue weighted by Gasteiger charge is -2.32. The lowest BCUT2D eigenvalue weighted by molar-refractivity contribution is 0.185. The van der Waals surface area contributed by atoms with Gasteiger partial charge in [-0.25, -0.2) is 0 Å². The zero-order valence-electron chi connectivity index (χ0n) is 15.8. The molecule has 0 atom stereocenters. The third kappa shape index (κ3) is 7.92. The van der Waals surface area contributed by atoms with Crippen LogP contribution >= 0.6 is 24.0 Å². The molecule has 0 amide bonds. The fourth-order valence-corrected chi connectivity index (χ4v) is 3.19. The average Bonchev–Trinajstić information content (AvgIpc) is 2.61. The van der Waals surface area contributed by atoms with Crippen LogP contribution in [0.1, 0.15) is 37.3 Å². The van der Waals surface area contributed by atoms with Crippen LogP contribution in [-0.2, 0) is 17.9 Å². The Morgan fingerprint density at radius 3 is 2.64 bits per heavy atom. The smallest absolute Gasteiger partial charge is 0.191 e. The van der Waals surface area contributed by atoms with E-state index in [0.29, 0.717) is 12.6 Å². The van der Waals surface area contributed by atoms with Gasteiger partial charge in [-0.1, -0.05) is 31.2 Å². The molecule has 0 unspecified atom stereocenters. The van der Waals surface area contributed by atoms with Crippen LogP contribution < -0.4 is 10.6 Å². The van der Waals surface area contributed by atoms with Crippen molar-refractivity contribution in [2.45, 2.75) is 45.4 Å². The normalized spacial score (nSPS) is 16.4. The van der Waals surface area contributed by atoms with E-state index in [9.17, 15) is 0 Å². The van der Waals surface area contributed by atoms with Gasteiger partial charge in [-0.3, -0.25) is 4.99 Å². The molecule has 1 fully saturated rings. The van der Waals surface area contributed by atoms with Gasteiger partial charge >= 0.3 is 0 Å². The second-order valence-electron chi connectivity index (χ2n) is 6.44. The molecule has 1 aromatic carbocycles. The van der Waals surface area contributed by atoms with Crippen LogP contribution in [0.2, 0.25) is 0 Å². The van der Waals surface area contributed by atoms with Crippen LogP contribution in [0.25, 0.3) is 0 Å². The van der Waals surface area contributed by atoms with E-state index in [2.05, 4.69) is 51.7 Å². The second kappa shape index (κ2) is 12.5. The standard InChI is InChI=1S/C19H32N4O.HI/c1-4-10-23-11-8-18(9-12-23)22-19(20-2)21-14-16-6-5-7-17(13-16)15-24-3;/h5-7,13,18H,4,8-12,14-15H2,1-3H3,(H2,20,21,22);1H. The van der Waals surface area contributed by atoms with Gasteiger partial charge in [0, 0.05) is 39.8 Å². The van der Waals surface area contributed by atoms with Crippen LogP contribution in [0.15, 0.2) is 29.3 Å². The predicted octanol–water partition coefficient (Wildman–Crippen LogP) is 2.99. The van der Waals surface area contributed by atoms with Crippen molar-refractivity contribution in [3.05, 3.63) is 35.4 Å². The first-order chi connectivity index (χ1) is 11.7. The Morgan fingerprint density at radius 2 is 2.00 bits per heavy atom. The van der Waals surface area contributed by atoms with E-state index in [1.54, 1.807) is 7.11 Å². The number of nitrogens with one attached hydrogen (secondary N) is 2. The molecule has 0 spiro atoms. The van der Waals surface area contributed by atoms with Gasteiger partial charge in [0.15, 0.2) is 5.96 Å². The summed E-state index contributed by atoms with van der Waals surface area (Å²) in [7, 11) is 3.56. The average molecular weight is 460 g/mol. The van der Waals surface area contributed by atoms with Gasteiger partial charge in [0.25, 0.3) is 0 Å². The van der Waals surface area contributed by atoms with Crippen molar-refractivity contribution in [3.63, 3.8) is 0 Å². The molecule has 1 aliphatic heterocycles. The SMILES string of the molecule is CCCN1CCC(NC(=NC)NCc2cccc(COC)c2)CC1.I. The van der Waals surface area contributed by atoms with Gasteiger partial charge in [-0.2, -0.15) is 0 Å². The Kier molecular flexibility index (Phi) is 11.1. The van der Waals surface area contributed by atoms with Gasteiger partial charge in [0.2, 0.25) is 0 Å². The topological polar surface area (TPSA) is 48.9 Å². The highest BCUT2D eigenvalue weighted by atomic mass is 127. The van der Waals surface area contributed by atoms with E-state index in [-0.39, 0.29) is 24.0 Å². The van der Waals surface area contributed by atoms with Gasteiger partial charge < -0.3 is 20.3 Å². The zero-order chi connectivity index (χ0) is 17.2. The molecular formula is C19H33IN4O. The van der Waals surface area contributed by atoms with Crippen LogP contribution in [0, 0.1) is 0 Å². The number of benzene rings is 1. The fourth-order valence-electron chi connectivity index (χ4n) is 3.19. The molecule has 6 heteroatoms. The van der Waals surface area contributed by atoms with Gasteiger partial charge in [0.05, 0.1) is 6.61 Å². The highest BCUT2D eigenvalue weighted by Gasteiger charge is 2.19. The summed E-state index contributed by atoms with van der Waals surface area (Å²) in [4.78, 5) is 6.92. The van der Waals surface area contributed by atoms with Crippen molar-refractivity contribution in [2.75, 3.05) is 33.8 Å². The molecule has 1 aliphatic rings. The molecule has 0 radical (unpaired) electrons. The number of piperidine rings is 1. The van der Waals surface area contributed by atoms with Gasteiger partial charge in [-0.15, -0.1) is 24.0 Å². The number of guanidine groups is 1. The molecule has 1 aromatic rings. The maximum absolute atomic E-state index is 5.20. The Labute approximate surface area is 169 Å². The van der Waals surface area contributed by atoms with Gasteiger partial charge in [-0.05, 0) is 36.9 Å². The summed E-state index contributed by atoms with van der Waals surface area (Å²) in [5.41, 5.74) is 2.44. The molecule has 5 nitrogen and oxygen atoms in total. The van der Waals surface area contributed by atoms with Crippen LogP contribution in [-0.4, -0.2) is 50.7 Å². The Hall–Kier alpha value is -0.860. The van der Waals surface area contributed by atoms with Crippen molar-refractivity contribution >= 4 is 29.9 Å². The number of hydrogen-bond donors (Lipinski definition) is 2. The lowest BCUT2D eigenvalue weighted by Crippen LogP contribution is -2.48. The minimum absolute atomic E-state index is 0. The van der Waals surface area contributed by atoms with E-state index in [0.717, 1.165) is 12.5 Å². The number of ether oxygens (including phenoxy) is 1. The Morgan fingerprint density at radius 1 is 1.28 bits per heavy atom. The molecule has 0 bridgehead atoms. The van der Waals surface area contributed by atoms with E-state index >= 15 is 0 Å². The van der Waals surface area contributed by atoms with E-state index in [1.807, 2.05) is 7.05 Å². The van der Waals surface area contributed by atoms with E-state index in [1.165, 1.54) is 50.0 Å². The lowest BCUT2D eigenvalue weighted by atomic mass is 10.1. The molecular weight excluding hydrogens is 427 g/mol. The third-order valence-electron chi connectivity index (χ3n) is 4.45. The second-order valence-corrected chi connectivity index (χ2v) is 6.44. The van der Waals surface area contributed by atoms with Crippen molar-refractivity contribution in [1.29, 1.82) is 0 Å². The number of methoxy groups -OCH3 is 1. The zero-order valence-corrected chi connectivity index (χ0v) is 18.1. The molecule has 2 rings (SSSR count). The quantitative estimate of drug-likeness (QED) is 0.373. The maximum Gasteiger partial charge on any atom is 0.191 e. The number of hydrogen-bond acceptors (Lipinski definition) is 3. The molecule has 0 aliphatic carbocycles. The molecule has 1 heterocycles. The van der Waals surface area contributed by atoms with E-state index in [4.69, 9.17) is 4.74 Å². The number of aliphatic imine (C=N–C) groups is 1. The molecule has 1 saturated heterocycles. The van der Waals surface area contributed by atoms with Crippen molar-refractivity contribution < 1.29 is 4.74 Å². The van der Waals surface area contributed by atoms with Crippen LogP contribution in [0.3, 0.4) is 0 Å². The third-order valence-corrected chi connectivity index (χ3v) is 4.45. The summed E-state index contributed by atoms with van der Waals surface area (Å²) in [6, 6.07) is 8.98. The first-order valence-corrected chi connectivity index (χ1v) is 9.01. The first-order valence-electron chi connectivity index (χ1n) is 9.01. The summed E-state index contributed by atoms with van der Waals surface area (Å²) in [6.45, 7) is 7.25. The fraction of sp³-hybridized carbons (Fsp3) is 0.632. The minimum Gasteiger partial charge on any atom is -0.380 e. The minimum atomic E-state index is 0. The summed E-state index contributed by atoms with van der Waals surface area (Å²) in [5.74, 6) is 0.890. The highest BCUT2D eigenvalue weighted by molar-refractivity contribution is 14.0. The summed E-state index contributed by atoms with van der Waals surface area (Å²) in [5, 5.41) is 6.99. The molecule has 2 N–H and O–H groups in total. The van der Waals surface area contributed by atoms with Crippen molar-refractivity contribution in [1.82, 2.24) is 15.5 Å². The maximum atomic E-state index is 5.20. The number of likely N-dealkylation sites (tertiary alicyclic amines) is 1. The first kappa shape index (κ1) is 22.2. The van der Waals surface area contributed by atoms with Crippen LogP contribution in [0.4, 0.5) is 0 Å². The highest BCUT2D eigenvalue weighted by Crippen LogP contribution is 2.10. The predicted molar refractivity (Wildman–Crippen MR) is 116 cm³/mol. The van der Waals surface area contributed by atoms with Gasteiger partial charge in [0.1, 0.15) is 0 Å². The Bertz CT molecular complexity index is 516. The summed E-state index contributed by atoms with van der Waals surface area (Å²) >= 11 is 0. The van der Waals surface area contributed by atoms with Crippen molar-refractivity contribution in [3.8, 4) is 0 Å².